The van der Waals surface area contributed by atoms with E-state index in [1.165, 1.54) is 19.3 Å². The standard InChI is InChI=1S/C16H28N2O3/c1-16(9-3-2-4-10-16)18-15(21)17-11-12-5-7-13(8-6-12)14(19)20/h12-13H,2-11H2,1H3,(H,19,20)(H2,17,18,21). The molecule has 0 aliphatic heterocycles. The van der Waals surface area contributed by atoms with Crippen molar-refractivity contribution >= 4 is 12.0 Å². The van der Waals surface area contributed by atoms with Gasteiger partial charge < -0.3 is 15.7 Å². The Morgan fingerprint density at radius 2 is 1.71 bits per heavy atom. The minimum Gasteiger partial charge on any atom is -0.481 e. The van der Waals surface area contributed by atoms with Gasteiger partial charge in [0.15, 0.2) is 0 Å². The number of hydrogen-bond donors (Lipinski definition) is 3. The lowest BCUT2D eigenvalue weighted by molar-refractivity contribution is -0.143. The van der Waals surface area contributed by atoms with E-state index in [4.69, 9.17) is 5.11 Å². The normalized spacial score (nSPS) is 28.6. The summed E-state index contributed by atoms with van der Waals surface area (Å²) in [6.07, 6.45) is 9.04. The van der Waals surface area contributed by atoms with Crippen LogP contribution >= 0.6 is 0 Å². The molecular formula is C16H28N2O3. The molecule has 0 heterocycles. The summed E-state index contributed by atoms with van der Waals surface area (Å²) in [5, 5.41) is 15.1. The molecule has 21 heavy (non-hydrogen) atoms. The van der Waals surface area contributed by atoms with Crippen molar-refractivity contribution in [2.24, 2.45) is 11.8 Å². The Labute approximate surface area is 126 Å². The SMILES string of the molecule is CC1(NC(=O)NCC2CCC(C(=O)O)CC2)CCCCC1. The highest BCUT2D eigenvalue weighted by molar-refractivity contribution is 5.74. The maximum absolute atomic E-state index is 12.0. The highest BCUT2D eigenvalue weighted by Gasteiger charge is 2.29. The average Bonchev–Trinajstić information content (AvgIpc) is 2.46. The topological polar surface area (TPSA) is 78.4 Å². The summed E-state index contributed by atoms with van der Waals surface area (Å²) < 4.78 is 0. The molecule has 0 aromatic rings. The third kappa shape index (κ3) is 4.90. The van der Waals surface area contributed by atoms with E-state index in [2.05, 4.69) is 17.6 Å². The van der Waals surface area contributed by atoms with Gasteiger partial charge in [0.1, 0.15) is 0 Å². The van der Waals surface area contributed by atoms with Crippen LogP contribution in [0.4, 0.5) is 4.79 Å². The number of carboxylic acid groups (broad SMARTS) is 1. The number of urea groups is 1. The number of aliphatic carboxylic acids is 1. The van der Waals surface area contributed by atoms with Gasteiger partial charge in [0.25, 0.3) is 0 Å². The Hall–Kier alpha value is -1.26. The van der Waals surface area contributed by atoms with Gasteiger partial charge in [-0.3, -0.25) is 4.79 Å². The van der Waals surface area contributed by atoms with Crippen LogP contribution in [0, 0.1) is 11.8 Å². The number of carbonyl (C=O) groups excluding carboxylic acids is 1. The third-order valence-corrected chi connectivity index (χ3v) is 5.12. The van der Waals surface area contributed by atoms with Crippen molar-refractivity contribution in [1.29, 1.82) is 0 Å². The van der Waals surface area contributed by atoms with Crippen LogP contribution in [0.1, 0.15) is 64.7 Å². The van der Waals surface area contributed by atoms with Crippen LogP contribution in [-0.2, 0) is 4.79 Å². The second-order valence-corrected chi connectivity index (χ2v) is 7.01. The molecule has 0 atom stereocenters. The van der Waals surface area contributed by atoms with Gasteiger partial charge in [-0.1, -0.05) is 19.3 Å². The van der Waals surface area contributed by atoms with E-state index in [0.717, 1.165) is 38.5 Å². The second kappa shape index (κ2) is 7.14. The van der Waals surface area contributed by atoms with E-state index < -0.39 is 5.97 Å². The van der Waals surface area contributed by atoms with Crippen molar-refractivity contribution in [3.05, 3.63) is 0 Å². The minimum atomic E-state index is -0.677. The molecular weight excluding hydrogens is 268 g/mol. The Bertz CT molecular complexity index is 370. The quantitative estimate of drug-likeness (QED) is 0.746. The summed E-state index contributed by atoms with van der Waals surface area (Å²) in [4.78, 5) is 22.9. The van der Waals surface area contributed by atoms with E-state index in [9.17, 15) is 9.59 Å². The number of rotatable bonds is 4. The maximum Gasteiger partial charge on any atom is 0.315 e. The van der Waals surface area contributed by atoms with Gasteiger partial charge in [-0.15, -0.1) is 0 Å². The van der Waals surface area contributed by atoms with Crippen molar-refractivity contribution in [2.75, 3.05) is 6.54 Å². The first-order chi connectivity index (χ1) is 9.98. The van der Waals surface area contributed by atoms with Crippen molar-refractivity contribution in [3.63, 3.8) is 0 Å². The fraction of sp³-hybridized carbons (Fsp3) is 0.875. The van der Waals surface area contributed by atoms with Gasteiger partial charge in [-0.2, -0.15) is 0 Å². The molecule has 0 aromatic carbocycles. The van der Waals surface area contributed by atoms with Crippen molar-refractivity contribution in [1.82, 2.24) is 10.6 Å². The fourth-order valence-corrected chi connectivity index (χ4v) is 3.63. The molecule has 0 spiro atoms. The predicted octanol–water partition coefficient (Wildman–Crippen LogP) is 2.90. The summed E-state index contributed by atoms with van der Waals surface area (Å²) in [5.74, 6) is -0.439. The van der Waals surface area contributed by atoms with Crippen LogP contribution in [0.2, 0.25) is 0 Å². The van der Waals surface area contributed by atoms with Crippen LogP contribution in [0.25, 0.3) is 0 Å². The van der Waals surface area contributed by atoms with E-state index in [1.54, 1.807) is 0 Å². The van der Waals surface area contributed by atoms with Crippen molar-refractivity contribution in [2.45, 2.75) is 70.3 Å². The summed E-state index contributed by atoms with van der Waals surface area (Å²) >= 11 is 0. The van der Waals surface area contributed by atoms with Crippen molar-refractivity contribution in [3.8, 4) is 0 Å². The Balaban J connectivity index is 1.66. The maximum atomic E-state index is 12.0. The van der Waals surface area contributed by atoms with E-state index in [0.29, 0.717) is 12.5 Å². The summed E-state index contributed by atoms with van der Waals surface area (Å²) in [5.41, 5.74) is -0.0523. The first-order valence-electron chi connectivity index (χ1n) is 8.27. The average molecular weight is 296 g/mol. The molecule has 0 unspecified atom stereocenters. The highest BCUT2D eigenvalue weighted by Crippen LogP contribution is 2.29. The van der Waals surface area contributed by atoms with Gasteiger partial charge in [-0.25, -0.2) is 4.79 Å². The van der Waals surface area contributed by atoms with Crippen LogP contribution in [0.3, 0.4) is 0 Å². The summed E-state index contributed by atoms with van der Waals surface area (Å²) in [7, 11) is 0. The van der Waals surface area contributed by atoms with Crippen LogP contribution in [0.5, 0.6) is 0 Å². The summed E-state index contributed by atoms with van der Waals surface area (Å²) in [6, 6.07) is -0.0697. The zero-order valence-electron chi connectivity index (χ0n) is 13.0. The van der Waals surface area contributed by atoms with Crippen molar-refractivity contribution < 1.29 is 14.7 Å². The molecule has 2 aliphatic carbocycles. The smallest absolute Gasteiger partial charge is 0.315 e. The lowest BCUT2D eigenvalue weighted by Crippen LogP contribution is -2.51. The lowest BCUT2D eigenvalue weighted by Gasteiger charge is -2.35. The second-order valence-electron chi connectivity index (χ2n) is 7.01. The molecule has 5 nitrogen and oxygen atoms in total. The van der Waals surface area contributed by atoms with Crippen LogP contribution in [0.15, 0.2) is 0 Å². The Morgan fingerprint density at radius 1 is 1.10 bits per heavy atom. The Kier molecular flexibility index (Phi) is 5.48. The van der Waals surface area contributed by atoms with E-state index >= 15 is 0 Å². The number of hydrogen-bond acceptors (Lipinski definition) is 2. The number of nitrogens with one attached hydrogen (secondary N) is 2. The molecule has 5 heteroatoms. The predicted molar refractivity (Wildman–Crippen MR) is 81.1 cm³/mol. The zero-order valence-corrected chi connectivity index (χ0v) is 13.0. The monoisotopic (exact) mass is 296 g/mol. The largest absolute Gasteiger partial charge is 0.481 e. The molecule has 0 aromatic heterocycles. The van der Waals surface area contributed by atoms with Gasteiger partial charge in [0.2, 0.25) is 0 Å². The van der Waals surface area contributed by atoms with Crippen LogP contribution in [-0.4, -0.2) is 29.2 Å². The summed E-state index contributed by atoms with van der Waals surface area (Å²) in [6.45, 7) is 2.79. The van der Waals surface area contributed by atoms with Crippen LogP contribution < -0.4 is 10.6 Å². The zero-order chi connectivity index (χ0) is 15.3. The molecule has 2 amide bonds. The third-order valence-electron chi connectivity index (χ3n) is 5.12. The minimum absolute atomic E-state index is 0.0523. The molecule has 0 saturated heterocycles. The molecule has 2 rings (SSSR count). The fourth-order valence-electron chi connectivity index (χ4n) is 3.63. The van der Waals surface area contributed by atoms with Gasteiger partial charge in [0, 0.05) is 12.1 Å². The Morgan fingerprint density at radius 3 is 2.29 bits per heavy atom. The molecule has 0 radical (unpaired) electrons. The lowest BCUT2D eigenvalue weighted by atomic mass is 9.82. The molecule has 0 bridgehead atoms. The molecule has 2 saturated carbocycles. The first-order valence-corrected chi connectivity index (χ1v) is 8.27. The van der Waals surface area contributed by atoms with Gasteiger partial charge in [-0.05, 0) is 51.4 Å². The van der Waals surface area contributed by atoms with Gasteiger partial charge in [0.05, 0.1) is 5.92 Å². The molecule has 120 valence electrons. The molecule has 2 fully saturated rings. The van der Waals surface area contributed by atoms with Gasteiger partial charge >= 0.3 is 12.0 Å². The molecule has 2 aliphatic rings. The first kappa shape index (κ1) is 16.1. The number of carbonyl (C=O) groups is 2. The van der Waals surface area contributed by atoms with E-state index in [-0.39, 0.29) is 17.5 Å². The highest BCUT2D eigenvalue weighted by atomic mass is 16.4. The molecule has 3 N–H and O–H groups in total. The number of carboxylic acids is 1. The van der Waals surface area contributed by atoms with E-state index in [1.807, 2.05) is 0 Å². The number of amides is 2.